The predicted octanol–water partition coefficient (Wildman–Crippen LogP) is 0.416. The number of halogens is 1. The summed E-state index contributed by atoms with van der Waals surface area (Å²) in [6.45, 7) is 0. The van der Waals surface area contributed by atoms with Crippen molar-refractivity contribution >= 4 is 14.1 Å². The lowest BCUT2D eigenvalue weighted by Crippen LogP contribution is -1.98. The third-order valence-electron chi connectivity index (χ3n) is 0.745. The Bertz CT molecular complexity index is 57.7. The molecule has 0 saturated carbocycles. The molecule has 0 bridgehead atoms. The molecule has 0 amide bonds. The highest BCUT2D eigenvalue weighted by molar-refractivity contribution is 6.08. The van der Waals surface area contributed by atoms with E-state index >= 15 is 0 Å². The summed E-state index contributed by atoms with van der Waals surface area (Å²) in [5.41, 5.74) is 0. The summed E-state index contributed by atoms with van der Waals surface area (Å²) in [5, 5.41) is 6.41. The molecule has 1 N–H and O–H groups in total. The Kier molecular flexibility index (Phi) is 3.66. The molecule has 1 atom stereocenters. The smallest absolute Gasteiger partial charge is 0.134 e. The lowest BCUT2D eigenvalue weighted by Gasteiger charge is -1.93. The van der Waals surface area contributed by atoms with Gasteiger partial charge in [0.25, 0.3) is 0 Å². The van der Waals surface area contributed by atoms with Gasteiger partial charge in [0.2, 0.25) is 0 Å². The molecule has 1 nitrogen and oxygen atoms in total. The quantitative estimate of drug-likeness (QED) is 0.393. The zero-order valence-electron chi connectivity index (χ0n) is 4.45. The van der Waals surface area contributed by atoms with Gasteiger partial charge in [-0.25, -0.2) is 4.39 Å². The van der Waals surface area contributed by atoms with Gasteiger partial charge in [0, 0.05) is 6.21 Å². The van der Waals surface area contributed by atoms with Crippen molar-refractivity contribution in [1.29, 1.82) is 5.41 Å². The second-order valence-electron chi connectivity index (χ2n) is 1.47. The van der Waals surface area contributed by atoms with E-state index in [1.807, 2.05) is 7.85 Å². The van der Waals surface area contributed by atoms with Gasteiger partial charge < -0.3 is 5.41 Å². The van der Waals surface area contributed by atoms with Crippen molar-refractivity contribution in [3.05, 3.63) is 0 Å². The van der Waals surface area contributed by atoms with Crippen molar-refractivity contribution in [1.82, 2.24) is 0 Å². The molecule has 0 saturated heterocycles. The first-order valence-corrected chi connectivity index (χ1v) is 2.46. The summed E-state index contributed by atoms with van der Waals surface area (Å²) < 4.78 is 11.9. The fourth-order valence-electron chi connectivity index (χ4n) is 0.359. The standard InChI is InChI=1S/C4H9BFN/c5-2-1-4(6)3-7/h3-4,7H,1-2,5H2. The van der Waals surface area contributed by atoms with Gasteiger partial charge in [0.1, 0.15) is 14.0 Å². The van der Waals surface area contributed by atoms with Crippen LogP contribution in [-0.4, -0.2) is 20.2 Å². The molecule has 0 rings (SSSR count). The van der Waals surface area contributed by atoms with Gasteiger partial charge in [-0.15, -0.1) is 0 Å². The number of alkyl halides is 1. The van der Waals surface area contributed by atoms with Crippen LogP contribution in [0.3, 0.4) is 0 Å². The monoisotopic (exact) mass is 101 g/mol. The van der Waals surface area contributed by atoms with Gasteiger partial charge in [0.05, 0.1) is 0 Å². The zero-order chi connectivity index (χ0) is 5.70. The molecule has 0 aliphatic rings. The van der Waals surface area contributed by atoms with Crippen molar-refractivity contribution in [2.45, 2.75) is 18.9 Å². The van der Waals surface area contributed by atoms with E-state index in [4.69, 9.17) is 5.41 Å². The third-order valence-corrected chi connectivity index (χ3v) is 0.745. The van der Waals surface area contributed by atoms with E-state index in [9.17, 15) is 4.39 Å². The molecule has 0 aliphatic carbocycles. The summed E-state index contributed by atoms with van der Waals surface area (Å²) in [7, 11) is 1.90. The van der Waals surface area contributed by atoms with Gasteiger partial charge in [-0.1, -0.05) is 6.32 Å². The summed E-state index contributed by atoms with van der Waals surface area (Å²) in [5.74, 6) is 0. The molecular weight excluding hydrogens is 91.9 g/mol. The largest absolute Gasteiger partial charge is 0.310 e. The Balaban J connectivity index is 2.98. The Morgan fingerprint density at radius 3 is 2.57 bits per heavy atom. The van der Waals surface area contributed by atoms with E-state index in [0.717, 1.165) is 12.5 Å². The molecule has 0 fully saturated rings. The molecule has 0 aliphatic heterocycles. The van der Waals surface area contributed by atoms with E-state index < -0.39 is 6.17 Å². The van der Waals surface area contributed by atoms with Crippen LogP contribution in [-0.2, 0) is 0 Å². The van der Waals surface area contributed by atoms with Gasteiger partial charge in [-0.05, 0) is 6.42 Å². The minimum Gasteiger partial charge on any atom is -0.310 e. The molecule has 0 spiro atoms. The van der Waals surface area contributed by atoms with Crippen LogP contribution in [0.1, 0.15) is 6.42 Å². The van der Waals surface area contributed by atoms with Gasteiger partial charge in [-0.2, -0.15) is 0 Å². The summed E-state index contributed by atoms with van der Waals surface area (Å²) in [4.78, 5) is 0. The van der Waals surface area contributed by atoms with Crippen molar-refractivity contribution in [2.24, 2.45) is 0 Å². The van der Waals surface area contributed by atoms with Crippen molar-refractivity contribution in [2.75, 3.05) is 0 Å². The van der Waals surface area contributed by atoms with E-state index in [1.54, 1.807) is 0 Å². The maximum atomic E-state index is 11.9. The molecule has 7 heavy (non-hydrogen) atoms. The van der Waals surface area contributed by atoms with Crippen molar-refractivity contribution < 1.29 is 4.39 Å². The number of hydrogen-bond donors (Lipinski definition) is 1. The number of hydrogen-bond acceptors (Lipinski definition) is 1. The number of nitrogens with one attached hydrogen (secondary N) is 1. The lowest BCUT2D eigenvalue weighted by molar-refractivity contribution is 0.420. The van der Waals surface area contributed by atoms with Crippen molar-refractivity contribution in [3.63, 3.8) is 0 Å². The topological polar surface area (TPSA) is 23.9 Å². The van der Waals surface area contributed by atoms with Gasteiger partial charge in [0.15, 0.2) is 0 Å². The molecule has 0 aromatic heterocycles. The summed E-state index contributed by atoms with van der Waals surface area (Å²) in [6, 6.07) is 0. The van der Waals surface area contributed by atoms with Crippen LogP contribution < -0.4 is 0 Å². The van der Waals surface area contributed by atoms with E-state index in [0.29, 0.717) is 6.42 Å². The average Bonchev–Trinajstić information content (AvgIpc) is 1.68. The van der Waals surface area contributed by atoms with Crippen LogP contribution in [0.25, 0.3) is 0 Å². The van der Waals surface area contributed by atoms with Crippen LogP contribution >= 0.6 is 0 Å². The molecule has 0 aromatic carbocycles. The fourth-order valence-corrected chi connectivity index (χ4v) is 0.359. The second kappa shape index (κ2) is 3.84. The number of rotatable bonds is 3. The highest BCUT2D eigenvalue weighted by Crippen LogP contribution is 1.94. The van der Waals surface area contributed by atoms with E-state index in [1.165, 1.54) is 0 Å². The molecular formula is C4H9BFN. The Hall–Kier alpha value is -0.335. The molecule has 0 heterocycles. The first-order chi connectivity index (χ1) is 3.31. The van der Waals surface area contributed by atoms with Crippen LogP contribution in [0.4, 0.5) is 4.39 Å². The van der Waals surface area contributed by atoms with Gasteiger partial charge in [-0.3, -0.25) is 0 Å². The lowest BCUT2D eigenvalue weighted by atomic mass is 10.0. The molecule has 0 radical (unpaired) electrons. The van der Waals surface area contributed by atoms with Gasteiger partial charge >= 0.3 is 0 Å². The Morgan fingerprint density at radius 1 is 1.86 bits per heavy atom. The Labute approximate surface area is 43.8 Å². The van der Waals surface area contributed by atoms with E-state index in [2.05, 4.69) is 0 Å². The average molecular weight is 101 g/mol. The van der Waals surface area contributed by atoms with E-state index in [-0.39, 0.29) is 0 Å². The normalized spacial score (nSPS) is 13.3. The minimum atomic E-state index is -1.01. The van der Waals surface area contributed by atoms with Crippen LogP contribution in [0.2, 0.25) is 6.32 Å². The minimum absolute atomic E-state index is 0.490. The maximum Gasteiger partial charge on any atom is 0.134 e. The highest BCUT2D eigenvalue weighted by Gasteiger charge is 1.95. The highest BCUT2D eigenvalue weighted by atomic mass is 19.1. The van der Waals surface area contributed by atoms with Crippen LogP contribution in [0, 0.1) is 5.41 Å². The third kappa shape index (κ3) is 3.50. The summed E-state index contributed by atoms with van der Waals surface area (Å²) >= 11 is 0. The molecule has 1 unspecified atom stereocenters. The maximum absolute atomic E-state index is 11.9. The first kappa shape index (κ1) is 6.66. The van der Waals surface area contributed by atoms with Crippen LogP contribution in [0.15, 0.2) is 0 Å². The molecule has 0 aromatic rings. The first-order valence-electron chi connectivity index (χ1n) is 2.46. The second-order valence-corrected chi connectivity index (χ2v) is 1.47. The van der Waals surface area contributed by atoms with Crippen LogP contribution in [0.5, 0.6) is 0 Å². The SMILES string of the molecule is BCCC(F)C=N. The Morgan fingerprint density at radius 2 is 2.43 bits per heavy atom. The fraction of sp³-hybridized carbons (Fsp3) is 0.750. The summed E-state index contributed by atoms with van der Waals surface area (Å²) in [6.07, 6.45) is 1.13. The van der Waals surface area contributed by atoms with Crippen molar-refractivity contribution in [3.8, 4) is 0 Å². The predicted molar refractivity (Wildman–Crippen MR) is 31.6 cm³/mol. The molecule has 40 valence electrons. The zero-order valence-corrected chi connectivity index (χ0v) is 4.45. The molecule has 3 heteroatoms.